The summed E-state index contributed by atoms with van der Waals surface area (Å²) in [5.74, 6) is 0.124. The van der Waals surface area contributed by atoms with Crippen LogP contribution in [0.5, 0.6) is 0 Å². The second kappa shape index (κ2) is 10.9. The zero-order valence-electron chi connectivity index (χ0n) is 11.5. The number of aromatic nitrogens is 1. The molecule has 2 rings (SSSR count). The van der Waals surface area contributed by atoms with Gasteiger partial charge in [-0.1, -0.05) is 6.07 Å². The first kappa shape index (κ1) is 19.2. The van der Waals surface area contributed by atoms with E-state index in [9.17, 15) is 4.79 Å². The molecule has 1 saturated heterocycles. The van der Waals surface area contributed by atoms with Gasteiger partial charge in [0.25, 0.3) is 0 Å². The topological polar surface area (TPSA) is 54.0 Å². The highest BCUT2D eigenvalue weighted by Gasteiger charge is 2.13. The Balaban J connectivity index is 0.00000180. The van der Waals surface area contributed by atoms with E-state index in [1.54, 1.807) is 6.20 Å². The first-order valence-corrected chi connectivity index (χ1v) is 6.74. The maximum Gasteiger partial charge on any atom is 0.220 e. The van der Waals surface area contributed by atoms with Crippen molar-refractivity contribution in [1.29, 1.82) is 0 Å². The first-order valence-electron chi connectivity index (χ1n) is 6.74. The molecule has 1 aromatic heterocycles. The molecule has 0 spiro atoms. The van der Waals surface area contributed by atoms with Crippen LogP contribution < -0.4 is 10.6 Å². The molecule has 2 heterocycles. The van der Waals surface area contributed by atoms with Gasteiger partial charge in [0.05, 0.1) is 0 Å². The number of rotatable bonds is 6. The molecular formula is C14H23Cl2N3O. The molecule has 1 aliphatic rings. The van der Waals surface area contributed by atoms with Crippen LogP contribution in [0.4, 0.5) is 0 Å². The van der Waals surface area contributed by atoms with Crippen molar-refractivity contribution in [3.05, 3.63) is 30.1 Å². The van der Waals surface area contributed by atoms with E-state index in [1.165, 1.54) is 12.8 Å². The lowest BCUT2D eigenvalue weighted by Gasteiger charge is -2.10. The second-order valence-electron chi connectivity index (χ2n) is 4.75. The summed E-state index contributed by atoms with van der Waals surface area (Å²) in [5, 5.41) is 6.40. The van der Waals surface area contributed by atoms with Crippen molar-refractivity contribution in [2.75, 3.05) is 13.1 Å². The van der Waals surface area contributed by atoms with E-state index in [-0.39, 0.29) is 30.7 Å². The minimum Gasteiger partial charge on any atom is -0.356 e. The van der Waals surface area contributed by atoms with Crippen LogP contribution in [0.2, 0.25) is 0 Å². The van der Waals surface area contributed by atoms with Gasteiger partial charge in [0.15, 0.2) is 0 Å². The molecular weight excluding hydrogens is 297 g/mol. The Kier molecular flexibility index (Phi) is 10.4. The number of aryl methyl sites for hydroxylation is 1. The van der Waals surface area contributed by atoms with E-state index in [0.29, 0.717) is 18.9 Å². The molecule has 0 unspecified atom stereocenters. The van der Waals surface area contributed by atoms with E-state index < -0.39 is 0 Å². The van der Waals surface area contributed by atoms with Crippen molar-refractivity contribution in [2.24, 2.45) is 0 Å². The van der Waals surface area contributed by atoms with Gasteiger partial charge >= 0.3 is 0 Å². The minimum absolute atomic E-state index is 0. The molecule has 0 aromatic carbocycles. The number of pyridine rings is 1. The molecule has 0 saturated carbocycles. The van der Waals surface area contributed by atoms with Crippen molar-refractivity contribution >= 4 is 30.7 Å². The lowest BCUT2D eigenvalue weighted by molar-refractivity contribution is -0.121. The Bertz CT molecular complexity index is 370. The average Bonchev–Trinajstić information content (AvgIpc) is 2.91. The summed E-state index contributed by atoms with van der Waals surface area (Å²) in [6.45, 7) is 1.90. The van der Waals surface area contributed by atoms with Crippen molar-refractivity contribution in [2.45, 2.75) is 38.1 Å². The highest BCUT2D eigenvalue weighted by Crippen LogP contribution is 2.07. The summed E-state index contributed by atoms with van der Waals surface area (Å²) in [6.07, 6.45) is 6.54. The standard InChI is InChI=1S/C14H21N3O.2ClH/c18-14(7-6-12-4-1-2-9-15-12)17-11-8-13-5-3-10-16-13;;/h1-2,4,9,13,16H,3,5-8,10-11H2,(H,17,18);2*1H/t13-;;/m1../s1. The number of halogens is 2. The lowest BCUT2D eigenvalue weighted by atomic mass is 10.1. The number of hydrogen-bond donors (Lipinski definition) is 2. The summed E-state index contributed by atoms with van der Waals surface area (Å²) in [4.78, 5) is 15.8. The predicted octanol–water partition coefficient (Wildman–Crippen LogP) is 2.12. The monoisotopic (exact) mass is 319 g/mol. The Morgan fingerprint density at radius 3 is 2.90 bits per heavy atom. The van der Waals surface area contributed by atoms with Crippen LogP contribution in [-0.4, -0.2) is 30.0 Å². The Morgan fingerprint density at radius 1 is 1.40 bits per heavy atom. The van der Waals surface area contributed by atoms with E-state index in [2.05, 4.69) is 15.6 Å². The zero-order valence-corrected chi connectivity index (χ0v) is 13.1. The molecule has 4 nitrogen and oxygen atoms in total. The number of hydrogen-bond acceptors (Lipinski definition) is 3. The van der Waals surface area contributed by atoms with Crippen LogP contribution in [-0.2, 0) is 11.2 Å². The molecule has 1 atom stereocenters. The highest BCUT2D eigenvalue weighted by atomic mass is 35.5. The van der Waals surface area contributed by atoms with Crippen LogP contribution in [0.1, 0.15) is 31.4 Å². The van der Waals surface area contributed by atoms with Gasteiger partial charge in [-0.3, -0.25) is 9.78 Å². The van der Waals surface area contributed by atoms with Crippen molar-refractivity contribution in [3.63, 3.8) is 0 Å². The molecule has 1 aliphatic heterocycles. The number of amides is 1. The highest BCUT2D eigenvalue weighted by molar-refractivity contribution is 5.85. The van der Waals surface area contributed by atoms with Gasteiger partial charge in [-0.25, -0.2) is 0 Å². The summed E-state index contributed by atoms with van der Waals surface area (Å²) in [5.41, 5.74) is 0.977. The zero-order chi connectivity index (χ0) is 12.6. The van der Waals surface area contributed by atoms with Crippen LogP contribution in [0.15, 0.2) is 24.4 Å². The molecule has 1 amide bonds. The Morgan fingerprint density at radius 2 is 2.25 bits per heavy atom. The molecule has 1 aromatic rings. The number of nitrogens with one attached hydrogen (secondary N) is 2. The molecule has 20 heavy (non-hydrogen) atoms. The predicted molar refractivity (Wildman–Crippen MR) is 85.7 cm³/mol. The summed E-state index contributed by atoms with van der Waals surface area (Å²) >= 11 is 0. The normalized spacial score (nSPS) is 16.9. The van der Waals surface area contributed by atoms with Crippen LogP contribution >= 0.6 is 24.8 Å². The quantitative estimate of drug-likeness (QED) is 0.844. The molecule has 0 radical (unpaired) electrons. The first-order chi connectivity index (χ1) is 8.84. The number of nitrogens with zero attached hydrogens (tertiary/aromatic N) is 1. The fourth-order valence-corrected chi connectivity index (χ4v) is 2.26. The second-order valence-corrected chi connectivity index (χ2v) is 4.75. The SMILES string of the molecule is Cl.Cl.O=C(CCc1ccccn1)NCC[C@H]1CCCN1. The average molecular weight is 320 g/mol. The molecule has 6 heteroatoms. The summed E-state index contributed by atoms with van der Waals surface area (Å²) in [6, 6.07) is 6.39. The van der Waals surface area contributed by atoms with Crippen molar-refractivity contribution in [3.8, 4) is 0 Å². The largest absolute Gasteiger partial charge is 0.356 e. The lowest BCUT2D eigenvalue weighted by Crippen LogP contribution is -2.30. The Hall–Kier alpha value is -0.840. The third-order valence-electron chi connectivity index (χ3n) is 3.31. The van der Waals surface area contributed by atoms with Crippen LogP contribution in [0.25, 0.3) is 0 Å². The fraction of sp³-hybridized carbons (Fsp3) is 0.571. The third kappa shape index (κ3) is 7.08. The van der Waals surface area contributed by atoms with Gasteiger partial charge in [0.1, 0.15) is 0 Å². The molecule has 1 fully saturated rings. The third-order valence-corrected chi connectivity index (χ3v) is 3.31. The number of carbonyl (C=O) groups is 1. The van der Waals surface area contributed by atoms with Gasteiger partial charge < -0.3 is 10.6 Å². The smallest absolute Gasteiger partial charge is 0.220 e. The molecule has 114 valence electrons. The molecule has 0 bridgehead atoms. The number of carbonyl (C=O) groups excluding carboxylic acids is 1. The van der Waals surface area contributed by atoms with Gasteiger partial charge in [-0.05, 0) is 44.4 Å². The van der Waals surface area contributed by atoms with E-state index in [1.807, 2.05) is 18.2 Å². The van der Waals surface area contributed by atoms with E-state index in [0.717, 1.165) is 25.2 Å². The summed E-state index contributed by atoms with van der Waals surface area (Å²) in [7, 11) is 0. The maximum absolute atomic E-state index is 11.6. The molecule has 2 N–H and O–H groups in total. The Labute approximate surface area is 132 Å². The van der Waals surface area contributed by atoms with E-state index in [4.69, 9.17) is 0 Å². The van der Waals surface area contributed by atoms with Crippen molar-refractivity contribution in [1.82, 2.24) is 15.6 Å². The van der Waals surface area contributed by atoms with Gasteiger partial charge in [0, 0.05) is 30.9 Å². The van der Waals surface area contributed by atoms with Crippen LogP contribution in [0.3, 0.4) is 0 Å². The maximum atomic E-state index is 11.6. The van der Waals surface area contributed by atoms with Crippen molar-refractivity contribution < 1.29 is 4.79 Å². The summed E-state index contributed by atoms with van der Waals surface area (Å²) < 4.78 is 0. The minimum atomic E-state index is 0. The molecule has 0 aliphatic carbocycles. The van der Waals surface area contributed by atoms with Gasteiger partial charge in [-0.15, -0.1) is 24.8 Å². The van der Waals surface area contributed by atoms with Crippen LogP contribution in [0, 0.1) is 0 Å². The van der Waals surface area contributed by atoms with E-state index >= 15 is 0 Å². The van der Waals surface area contributed by atoms with Gasteiger partial charge in [-0.2, -0.15) is 0 Å². The van der Waals surface area contributed by atoms with Gasteiger partial charge in [0.2, 0.25) is 5.91 Å². The fourth-order valence-electron chi connectivity index (χ4n) is 2.26.